The zero-order chi connectivity index (χ0) is 28.3. The number of rotatable bonds is 9. The molecule has 15 nitrogen and oxygen atoms in total. The van der Waals surface area contributed by atoms with E-state index in [1.54, 1.807) is 24.3 Å². The first kappa shape index (κ1) is 26.2. The van der Waals surface area contributed by atoms with Crippen molar-refractivity contribution < 1.29 is 33.9 Å². The molecule has 4 aromatic rings. The number of non-ortho nitro benzene ring substituents is 1. The molecule has 1 heterocycles. The third-order valence-electron chi connectivity index (χ3n) is 5.64. The van der Waals surface area contributed by atoms with Crippen molar-refractivity contribution in [2.24, 2.45) is 0 Å². The quantitative estimate of drug-likeness (QED) is 0.108. The molecule has 1 aromatic heterocycles. The monoisotopic (exact) mass is 535 g/mol. The highest BCUT2D eigenvalue weighted by Crippen LogP contribution is 2.39. The number of hydrogen-bond acceptors (Lipinski definition) is 10. The lowest BCUT2D eigenvalue weighted by Gasteiger charge is -2.10. The van der Waals surface area contributed by atoms with E-state index < -0.39 is 48.9 Å². The molecule has 0 bridgehead atoms. The molecule has 0 radical (unpaired) electrons. The van der Waals surface area contributed by atoms with Crippen molar-refractivity contribution in [1.29, 1.82) is 0 Å². The number of methoxy groups -OCH3 is 2. The highest BCUT2D eigenvalue weighted by atomic mass is 16.6. The van der Waals surface area contributed by atoms with Crippen molar-refractivity contribution in [3.63, 3.8) is 0 Å². The maximum absolute atomic E-state index is 12.0. The average molecular weight is 535 g/mol. The second-order valence-electron chi connectivity index (χ2n) is 7.85. The minimum absolute atomic E-state index is 0.123. The molecule has 0 unspecified atom stereocenters. The summed E-state index contributed by atoms with van der Waals surface area (Å²) in [7, 11) is 2.93. The molecule has 39 heavy (non-hydrogen) atoms. The normalized spacial score (nSPS) is 11.4. The van der Waals surface area contributed by atoms with E-state index in [2.05, 4.69) is 5.10 Å². The Morgan fingerprint density at radius 2 is 1.36 bits per heavy atom. The topological polar surface area (TPSA) is 190 Å². The van der Waals surface area contributed by atoms with Crippen LogP contribution in [0.4, 0.5) is 17.1 Å². The summed E-state index contributed by atoms with van der Waals surface area (Å²) in [6.45, 7) is 0. The summed E-state index contributed by atoms with van der Waals surface area (Å²) in [5, 5.41) is 51.0. The molecular formula is C24H19N6O9+. The van der Waals surface area contributed by atoms with Crippen molar-refractivity contribution >= 4 is 28.5 Å². The third-order valence-corrected chi connectivity index (χ3v) is 5.64. The Morgan fingerprint density at radius 1 is 0.846 bits per heavy atom. The SMILES string of the molecule is COc1ccc(/C(O)=C(/c2c([N+](=O)[O-])cc([N+](=O)[O-])cc2[N+](=O)[O-])[n+]2cnn(-c3ccc(OC)cc3)c2)cc1. The summed E-state index contributed by atoms with van der Waals surface area (Å²) < 4.78 is 12.8. The zero-order valence-corrected chi connectivity index (χ0v) is 20.3. The molecule has 15 heteroatoms. The van der Waals surface area contributed by atoms with E-state index >= 15 is 0 Å². The molecule has 3 aromatic carbocycles. The first-order valence-electron chi connectivity index (χ1n) is 10.9. The molecule has 0 spiro atoms. The standard InChI is InChI=1S/C24H18N6O9/c1-38-18-7-3-15(4-8-18)24(31)23(26-13-25-27(14-26)16-5-9-19(39-2)10-6-16)22-20(29(34)35)11-17(28(32)33)12-21(22)30(36)37/h3-14H,1-2H3/p+1/b24-23+. The van der Waals surface area contributed by atoms with Gasteiger partial charge in [-0.2, -0.15) is 4.57 Å². The summed E-state index contributed by atoms with van der Waals surface area (Å²) >= 11 is 0. The first-order valence-corrected chi connectivity index (χ1v) is 10.9. The van der Waals surface area contributed by atoms with E-state index in [1.165, 1.54) is 55.8 Å². The van der Waals surface area contributed by atoms with Crippen LogP contribution in [0, 0.1) is 30.3 Å². The Balaban J connectivity index is 2.04. The van der Waals surface area contributed by atoms with Crippen LogP contribution in [0.5, 0.6) is 11.5 Å². The predicted molar refractivity (Wildman–Crippen MR) is 135 cm³/mol. The summed E-state index contributed by atoms with van der Waals surface area (Å²) in [5.74, 6) is 0.422. The average Bonchev–Trinajstić information content (AvgIpc) is 3.42. The first-order chi connectivity index (χ1) is 18.6. The number of nitro benzene ring substituents is 3. The second kappa shape index (κ2) is 10.6. The minimum atomic E-state index is -0.995. The number of nitro groups is 3. The summed E-state index contributed by atoms with van der Waals surface area (Å²) in [6, 6.07) is 13.7. The Bertz CT molecular complexity index is 1580. The largest absolute Gasteiger partial charge is 0.504 e. The highest BCUT2D eigenvalue weighted by molar-refractivity contribution is 5.89. The Morgan fingerprint density at radius 3 is 1.82 bits per heavy atom. The fourth-order valence-corrected chi connectivity index (χ4v) is 3.76. The molecule has 0 aliphatic carbocycles. The van der Waals surface area contributed by atoms with Gasteiger partial charge in [-0.3, -0.25) is 30.3 Å². The molecular weight excluding hydrogens is 516 g/mol. The van der Waals surface area contributed by atoms with Crippen LogP contribution in [0.1, 0.15) is 11.1 Å². The van der Waals surface area contributed by atoms with Gasteiger partial charge in [0.2, 0.25) is 6.33 Å². The summed E-state index contributed by atoms with van der Waals surface area (Å²) in [4.78, 5) is 32.5. The Kier molecular flexibility index (Phi) is 7.15. The second-order valence-corrected chi connectivity index (χ2v) is 7.85. The number of hydrogen-bond donors (Lipinski definition) is 1. The molecule has 198 valence electrons. The van der Waals surface area contributed by atoms with Gasteiger partial charge in [-0.25, -0.2) is 0 Å². The molecule has 4 rings (SSSR count). The number of aromatic nitrogens is 3. The molecule has 1 N–H and O–H groups in total. The van der Waals surface area contributed by atoms with E-state index in [1.807, 2.05) is 0 Å². The Hall–Kier alpha value is -5.86. The minimum Gasteiger partial charge on any atom is -0.504 e. The van der Waals surface area contributed by atoms with Gasteiger partial charge in [0.1, 0.15) is 17.2 Å². The van der Waals surface area contributed by atoms with Gasteiger partial charge in [0.05, 0.1) is 41.1 Å². The molecule has 0 saturated carbocycles. The lowest BCUT2D eigenvalue weighted by Crippen LogP contribution is -2.32. The van der Waals surface area contributed by atoms with Gasteiger partial charge in [-0.15, -0.1) is 0 Å². The number of benzene rings is 3. The molecule has 0 fully saturated rings. The van der Waals surface area contributed by atoms with Gasteiger partial charge >= 0.3 is 0 Å². The number of aliphatic hydroxyl groups is 1. The lowest BCUT2D eigenvalue weighted by molar-refractivity contribution is -0.580. The smallest absolute Gasteiger partial charge is 0.294 e. The maximum atomic E-state index is 12.0. The Labute approximate surface area is 218 Å². The van der Waals surface area contributed by atoms with Crippen LogP contribution in [0.25, 0.3) is 17.1 Å². The lowest BCUT2D eigenvalue weighted by atomic mass is 10.0. The maximum Gasteiger partial charge on any atom is 0.294 e. The van der Waals surface area contributed by atoms with Crippen molar-refractivity contribution in [1.82, 2.24) is 9.78 Å². The number of aliphatic hydroxyl groups excluding tert-OH is 1. The van der Waals surface area contributed by atoms with Crippen LogP contribution in [0.15, 0.2) is 73.3 Å². The van der Waals surface area contributed by atoms with Crippen LogP contribution < -0.4 is 14.0 Å². The number of nitrogens with zero attached hydrogens (tertiary/aromatic N) is 6. The van der Waals surface area contributed by atoms with Crippen molar-refractivity contribution in [3.05, 3.63) is 115 Å². The predicted octanol–water partition coefficient (Wildman–Crippen LogP) is 3.83. The molecule has 0 atom stereocenters. The fraction of sp³-hybridized carbons (Fsp3) is 0.0833. The van der Waals surface area contributed by atoms with Crippen molar-refractivity contribution in [2.45, 2.75) is 0 Å². The van der Waals surface area contributed by atoms with Gasteiger partial charge < -0.3 is 14.6 Å². The van der Waals surface area contributed by atoms with E-state index in [9.17, 15) is 35.4 Å². The zero-order valence-electron chi connectivity index (χ0n) is 20.3. The number of ether oxygens (including phenoxy) is 2. The molecule has 0 aliphatic heterocycles. The third kappa shape index (κ3) is 5.17. The van der Waals surface area contributed by atoms with Crippen LogP contribution >= 0.6 is 0 Å². The van der Waals surface area contributed by atoms with E-state index in [0.717, 1.165) is 4.57 Å². The van der Waals surface area contributed by atoms with Crippen LogP contribution in [0.2, 0.25) is 0 Å². The van der Waals surface area contributed by atoms with Gasteiger partial charge in [0.15, 0.2) is 17.0 Å². The van der Waals surface area contributed by atoms with Gasteiger partial charge in [-0.1, -0.05) is 4.68 Å². The molecule has 0 amide bonds. The van der Waals surface area contributed by atoms with Crippen LogP contribution in [0.3, 0.4) is 0 Å². The summed E-state index contributed by atoms with van der Waals surface area (Å²) in [5.41, 5.74) is -3.20. The van der Waals surface area contributed by atoms with Crippen LogP contribution in [-0.2, 0) is 0 Å². The van der Waals surface area contributed by atoms with Crippen LogP contribution in [-0.4, -0.2) is 43.9 Å². The van der Waals surface area contributed by atoms with Gasteiger partial charge in [-0.05, 0) is 48.5 Å². The van der Waals surface area contributed by atoms with Gasteiger partial charge in [0, 0.05) is 10.7 Å². The van der Waals surface area contributed by atoms with E-state index in [-0.39, 0.29) is 5.56 Å². The van der Waals surface area contributed by atoms with Gasteiger partial charge in [0.25, 0.3) is 23.4 Å². The molecule has 0 saturated heterocycles. The summed E-state index contributed by atoms with van der Waals surface area (Å²) in [6.07, 6.45) is 2.50. The van der Waals surface area contributed by atoms with Crippen molar-refractivity contribution in [2.75, 3.05) is 14.2 Å². The highest BCUT2D eigenvalue weighted by Gasteiger charge is 2.37. The molecule has 0 aliphatic rings. The van der Waals surface area contributed by atoms with Crippen molar-refractivity contribution in [3.8, 4) is 17.2 Å². The van der Waals surface area contributed by atoms with E-state index in [0.29, 0.717) is 29.3 Å². The van der Waals surface area contributed by atoms with E-state index in [4.69, 9.17) is 9.47 Å². The fourth-order valence-electron chi connectivity index (χ4n) is 3.76.